The molecule has 1 aliphatic rings. The molecule has 0 aliphatic carbocycles. The van der Waals surface area contributed by atoms with Crippen molar-refractivity contribution in [3.63, 3.8) is 0 Å². The van der Waals surface area contributed by atoms with Crippen LogP contribution >= 0.6 is 7.44 Å². The number of benzene rings is 2. The van der Waals surface area contributed by atoms with Gasteiger partial charge in [0, 0.05) is 30.9 Å². The molecule has 1 atom stereocenters. The molecule has 29 heavy (non-hydrogen) atoms. The summed E-state index contributed by atoms with van der Waals surface area (Å²) in [7, 11) is -3.07. The number of para-hydroxylation sites is 2. The number of rotatable bonds is 10. The zero-order valence-corrected chi connectivity index (χ0v) is 18.1. The van der Waals surface area contributed by atoms with E-state index >= 15 is 0 Å². The number of nitrogens with zero attached hydrogens (tertiary/aromatic N) is 2. The van der Waals surface area contributed by atoms with E-state index in [1.54, 1.807) is 0 Å². The molecule has 0 spiro atoms. The summed E-state index contributed by atoms with van der Waals surface area (Å²) in [5.74, 6) is 0. The second-order valence-electron chi connectivity index (χ2n) is 7.40. The highest BCUT2D eigenvalue weighted by molar-refractivity contribution is 7.68. The van der Waals surface area contributed by atoms with Gasteiger partial charge in [0.25, 0.3) is 7.44 Å². The molecule has 1 heterocycles. The molecule has 0 aromatic heterocycles. The zero-order chi connectivity index (χ0) is 20.5. The van der Waals surface area contributed by atoms with Gasteiger partial charge in [-0.3, -0.25) is 4.57 Å². The quantitative estimate of drug-likeness (QED) is 0.199. The first-order chi connectivity index (χ1) is 14.2. The predicted molar refractivity (Wildman–Crippen MR) is 123 cm³/mol. The molecular formula is C24H31N2O2P. The highest BCUT2D eigenvalue weighted by Gasteiger charge is 2.47. The summed E-state index contributed by atoms with van der Waals surface area (Å²) in [5.41, 5.74) is 1.57. The van der Waals surface area contributed by atoms with Crippen molar-refractivity contribution in [1.29, 1.82) is 0 Å². The number of allylic oxidation sites excluding steroid dienone is 2. The molecule has 0 N–H and O–H groups in total. The first-order valence-electron chi connectivity index (χ1n) is 10.6. The maximum atomic E-state index is 14.7. The van der Waals surface area contributed by atoms with Gasteiger partial charge in [-0.1, -0.05) is 68.3 Å². The van der Waals surface area contributed by atoms with Crippen molar-refractivity contribution in [2.75, 3.05) is 22.4 Å². The van der Waals surface area contributed by atoms with Gasteiger partial charge in [-0.05, 0) is 37.1 Å². The topological polar surface area (TPSA) is 40.6 Å². The van der Waals surface area contributed by atoms with Crippen LogP contribution in [0, 0.1) is 0 Å². The summed E-state index contributed by atoms with van der Waals surface area (Å²) in [4.78, 5) is 11.5. The number of carbonyl (C=O) groups excluding carboxylic acids is 1. The molecule has 3 rings (SSSR count). The minimum atomic E-state index is -3.07. The van der Waals surface area contributed by atoms with Gasteiger partial charge in [0.1, 0.15) is 6.29 Å². The minimum absolute atomic E-state index is 0.258. The van der Waals surface area contributed by atoms with Crippen LogP contribution in [0.1, 0.15) is 39.0 Å². The molecule has 0 radical (unpaired) electrons. The molecule has 154 valence electrons. The van der Waals surface area contributed by atoms with Gasteiger partial charge >= 0.3 is 0 Å². The molecule has 1 unspecified atom stereocenters. The average Bonchev–Trinajstić information content (AvgIpc) is 3.12. The van der Waals surface area contributed by atoms with Gasteiger partial charge in [0.05, 0.1) is 5.66 Å². The van der Waals surface area contributed by atoms with Crippen molar-refractivity contribution in [2.24, 2.45) is 0 Å². The second-order valence-corrected chi connectivity index (χ2v) is 10.2. The Labute approximate surface area is 174 Å². The third-order valence-corrected chi connectivity index (χ3v) is 8.92. The van der Waals surface area contributed by atoms with Crippen molar-refractivity contribution in [2.45, 2.75) is 44.7 Å². The highest BCUT2D eigenvalue weighted by Crippen LogP contribution is 2.64. The van der Waals surface area contributed by atoms with Crippen LogP contribution in [0.15, 0.2) is 72.8 Å². The van der Waals surface area contributed by atoms with Crippen molar-refractivity contribution in [3.05, 3.63) is 72.8 Å². The Bertz CT molecular complexity index is 787. The summed E-state index contributed by atoms with van der Waals surface area (Å²) in [6.07, 6.45) is 9.76. The fourth-order valence-corrected chi connectivity index (χ4v) is 7.31. The van der Waals surface area contributed by atoms with Gasteiger partial charge in [0.2, 0.25) is 0 Å². The summed E-state index contributed by atoms with van der Waals surface area (Å²) in [5, 5.41) is 0. The van der Waals surface area contributed by atoms with Crippen LogP contribution in [0.5, 0.6) is 0 Å². The van der Waals surface area contributed by atoms with E-state index in [9.17, 15) is 9.36 Å². The minimum Gasteiger partial charge on any atom is -0.305 e. The van der Waals surface area contributed by atoms with Crippen LogP contribution in [0.25, 0.3) is 0 Å². The zero-order valence-electron chi connectivity index (χ0n) is 17.2. The smallest absolute Gasteiger partial charge is 0.270 e. The lowest BCUT2D eigenvalue weighted by atomic mass is 10.2. The van der Waals surface area contributed by atoms with Crippen LogP contribution in [-0.2, 0) is 9.36 Å². The van der Waals surface area contributed by atoms with E-state index in [1.165, 1.54) is 12.8 Å². The fraction of sp³-hybridized carbons (Fsp3) is 0.375. The largest absolute Gasteiger partial charge is 0.305 e. The predicted octanol–water partition coefficient (Wildman–Crippen LogP) is 6.30. The Morgan fingerprint density at radius 1 is 0.931 bits per heavy atom. The Hall–Kier alpha value is -2.32. The molecule has 4 nitrogen and oxygen atoms in total. The standard InChI is InChI=1S/C24H31N2O2P/c1-2-3-4-5-12-17-24(18-21-27)29(28)25(22-13-8-6-9-14-22)19-20-26(29)23-15-10-7-11-16-23/h6-17,21,24H,2-5,18-20H2,1H3/b17-12+. The highest BCUT2D eigenvalue weighted by atomic mass is 31.2. The van der Waals surface area contributed by atoms with Crippen LogP contribution in [0.2, 0.25) is 0 Å². The summed E-state index contributed by atoms with van der Waals surface area (Å²) in [6, 6.07) is 19.8. The number of carbonyl (C=O) groups is 1. The van der Waals surface area contributed by atoms with Crippen LogP contribution in [0.3, 0.4) is 0 Å². The van der Waals surface area contributed by atoms with Gasteiger partial charge < -0.3 is 14.1 Å². The van der Waals surface area contributed by atoms with E-state index in [0.717, 1.165) is 30.5 Å². The summed E-state index contributed by atoms with van der Waals surface area (Å²) >= 11 is 0. The maximum absolute atomic E-state index is 14.7. The monoisotopic (exact) mass is 410 g/mol. The Morgan fingerprint density at radius 3 is 1.97 bits per heavy atom. The van der Waals surface area contributed by atoms with E-state index in [2.05, 4.69) is 13.0 Å². The lowest BCUT2D eigenvalue weighted by Crippen LogP contribution is -2.27. The van der Waals surface area contributed by atoms with E-state index in [-0.39, 0.29) is 12.1 Å². The average molecular weight is 410 g/mol. The van der Waals surface area contributed by atoms with Crippen LogP contribution < -0.4 is 9.34 Å². The fourth-order valence-electron chi connectivity index (χ4n) is 3.95. The SMILES string of the molecule is CCCCC/C=C/C(CC=O)P1(=O)N(c2ccccc2)CCN1c1ccccc1. The van der Waals surface area contributed by atoms with Gasteiger partial charge in [-0.15, -0.1) is 0 Å². The van der Waals surface area contributed by atoms with Crippen LogP contribution in [0.4, 0.5) is 11.4 Å². The van der Waals surface area contributed by atoms with E-state index < -0.39 is 7.44 Å². The van der Waals surface area contributed by atoms with Crippen molar-refractivity contribution in [1.82, 2.24) is 0 Å². The third-order valence-electron chi connectivity index (χ3n) is 5.43. The number of aldehydes is 1. The molecule has 1 saturated heterocycles. The Balaban J connectivity index is 1.98. The number of hydrogen-bond acceptors (Lipinski definition) is 2. The second kappa shape index (κ2) is 10.5. The molecule has 2 aromatic carbocycles. The molecule has 0 amide bonds. The molecule has 2 aromatic rings. The molecule has 5 heteroatoms. The Kier molecular flexibility index (Phi) is 7.71. The molecular weight excluding hydrogens is 379 g/mol. The molecule has 0 bridgehead atoms. The van der Waals surface area contributed by atoms with Crippen LogP contribution in [-0.4, -0.2) is 25.0 Å². The normalized spacial score (nSPS) is 17.0. The van der Waals surface area contributed by atoms with Gasteiger partial charge in [0.15, 0.2) is 0 Å². The van der Waals surface area contributed by atoms with Crippen molar-refractivity contribution >= 4 is 25.1 Å². The lowest BCUT2D eigenvalue weighted by Gasteiger charge is -2.36. The van der Waals surface area contributed by atoms with E-state index in [0.29, 0.717) is 13.1 Å². The van der Waals surface area contributed by atoms with E-state index in [1.807, 2.05) is 76.1 Å². The first kappa shape index (κ1) is 21.4. The lowest BCUT2D eigenvalue weighted by molar-refractivity contribution is -0.107. The first-order valence-corrected chi connectivity index (χ1v) is 12.3. The number of unbranched alkanes of at least 4 members (excludes halogenated alkanes) is 3. The van der Waals surface area contributed by atoms with Crippen molar-refractivity contribution in [3.8, 4) is 0 Å². The van der Waals surface area contributed by atoms with Crippen molar-refractivity contribution < 1.29 is 9.36 Å². The maximum Gasteiger partial charge on any atom is 0.270 e. The number of anilines is 2. The number of hydrogen-bond donors (Lipinski definition) is 0. The third kappa shape index (κ3) is 4.82. The van der Waals surface area contributed by atoms with Gasteiger partial charge in [-0.25, -0.2) is 0 Å². The molecule has 1 aliphatic heterocycles. The van der Waals surface area contributed by atoms with Gasteiger partial charge in [-0.2, -0.15) is 0 Å². The Morgan fingerprint density at radius 2 is 1.48 bits per heavy atom. The summed E-state index contributed by atoms with van der Waals surface area (Å²) < 4.78 is 18.8. The van der Waals surface area contributed by atoms with E-state index in [4.69, 9.17) is 0 Å². The molecule has 1 fully saturated rings. The molecule has 0 saturated carbocycles. The summed E-state index contributed by atoms with van der Waals surface area (Å²) in [6.45, 7) is 3.54.